The van der Waals surface area contributed by atoms with Crippen molar-refractivity contribution in [1.29, 1.82) is 0 Å². The van der Waals surface area contributed by atoms with Crippen LogP contribution in [0.4, 0.5) is 5.69 Å². The summed E-state index contributed by atoms with van der Waals surface area (Å²) in [4.78, 5) is 63.1. The highest BCUT2D eigenvalue weighted by Gasteiger charge is 2.74. The molecule has 270 valence electrons. The summed E-state index contributed by atoms with van der Waals surface area (Å²) in [6, 6.07) is 21.6. The fourth-order valence-electron chi connectivity index (χ4n) is 8.39. The van der Waals surface area contributed by atoms with Crippen LogP contribution in [0.25, 0.3) is 0 Å². The van der Waals surface area contributed by atoms with Crippen LogP contribution in [0.15, 0.2) is 103 Å². The van der Waals surface area contributed by atoms with E-state index in [1.54, 1.807) is 29.0 Å². The van der Waals surface area contributed by atoms with Gasteiger partial charge in [0, 0.05) is 25.7 Å². The normalized spacial score (nSPS) is 30.4. The maximum atomic E-state index is 15.4. The molecule has 2 saturated heterocycles. The molecule has 3 aromatic rings. The standard InChI is InChI=1S/C42H45N3O7/c1-26-19-20-27(2)31(24-26)44-23-13-7-12-18-34(47)43(4)28(3)37(30-16-10-6-11-17-30)51-41(50)35-33-21-22-42(52-33)36(35)39(48)45(38(42)40(44)49)32(25-46)29-14-8-5-9-15-29/h5-11,13-17,19-22,24,28,32-33,35-38,46H,12,18,23,25H2,1-4H3/b13-7-/t28-,32+,33+,35-,36-,37+,38+,42-/m0/s1. The number of carbonyl (C=O) groups excluding carboxylic acids is 4. The first-order valence-electron chi connectivity index (χ1n) is 18.0. The van der Waals surface area contributed by atoms with Crippen molar-refractivity contribution in [2.75, 3.05) is 25.1 Å². The molecule has 1 spiro atoms. The van der Waals surface area contributed by atoms with E-state index in [-0.39, 0.29) is 18.9 Å². The van der Waals surface area contributed by atoms with E-state index in [1.807, 2.05) is 112 Å². The third-order valence-corrected chi connectivity index (χ3v) is 11.2. The number of aryl methyl sites for hydroxylation is 2. The van der Waals surface area contributed by atoms with Gasteiger partial charge in [0.15, 0.2) is 0 Å². The van der Waals surface area contributed by atoms with Gasteiger partial charge in [0.05, 0.1) is 30.7 Å². The summed E-state index contributed by atoms with van der Waals surface area (Å²) >= 11 is 0. The van der Waals surface area contributed by atoms with Crippen LogP contribution >= 0.6 is 0 Å². The molecule has 0 radical (unpaired) electrons. The molecule has 0 unspecified atom stereocenters. The number of amides is 3. The first-order chi connectivity index (χ1) is 25.1. The van der Waals surface area contributed by atoms with E-state index in [0.717, 1.165) is 11.1 Å². The fourth-order valence-corrected chi connectivity index (χ4v) is 8.39. The smallest absolute Gasteiger partial charge is 0.313 e. The number of hydrogen-bond donors (Lipinski definition) is 1. The highest BCUT2D eigenvalue weighted by Crippen LogP contribution is 2.57. The van der Waals surface area contributed by atoms with Crippen molar-refractivity contribution in [3.8, 4) is 0 Å². The van der Waals surface area contributed by atoms with Crippen molar-refractivity contribution in [1.82, 2.24) is 9.80 Å². The second kappa shape index (κ2) is 14.2. The number of rotatable bonds is 5. The second-order valence-electron chi connectivity index (χ2n) is 14.3. The number of hydrogen-bond acceptors (Lipinski definition) is 7. The molecular formula is C42H45N3O7. The zero-order valence-electron chi connectivity index (χ0n) is 29.9. The topological polar surface area (TPSA) is 117 Å². The SMILES string of the molecule is Cc1ccc(C)c(N2C/C=C\CCC(=O)N(C)[C@@H](C)[C@H](c3ccccc3)OC(=O)[C@@H]3[C@H]4C(=O)N([C@H](CO)c5ccccc5)[C@H](C2=O)[C@]42C=C[C@H]3O2)c1. The lowest BCUT2D eigenvalue weighted by atomic mass is 9.74. The molecule has 10 nitrogen and oxygen atoms in total. The van der Waals surface area contributed by atoms with Gasteiger partial charge in [0.25, 0.3) is 5.91 Å². The summed E-state index contributed by atoms with van der Waals surface area (Å²) in [5.74, 6) is -3.81. The number of allylic oxidation sites excluding steroid dienone is 1. The molecule has 0 aliphatic carbocycles. The Labute approximate surface area is 304 Å². The van der Waals surface area contributed by atoms with Crippen molar-refractivity contribution in [2.45, 2.75) is 69.5 Å². The van der Waals surface area contributed by atoms with Gasteiger partial charge in [0.1, 0.15) is 23.7 Å². The number of likely N-dealkylation sites (N-methyl/N-ethyl adjacent to an activating group) is 1. The molecule has 10 heteroatoms. The van der Waals surface area contributed by atoms with Crippen LogP contribution < -0.4 is 4.90 Å². The second-order valence-corrected chi connectivity index (χ2v) is 14.3. The summed E-state index contributed by atoms with van der Waals surface area (Å²) in [7, 11) is 1.70. The van der Waals surface area contributed by atoms with Crippen LogP contribution in [0.2, 0.25) is 0 Å². The minimum absolute atomic E-state index is 0.119. The third kappa shape index (κ3) is 5.93. The zero-order valence-corrected chi connectivity index (χ0v) is 29.9. The molecule has 5 bridgehead atoms. The first kappa shape index (κ1) is 35.3. The van der Waals surface area contributed by atoms with E-state index in [0.29, 0.717) is 23.2 Å². The fraction of sp³-hybridized carbons (Fsp3) is 0.381. The van der Waals surface area contributed by atoms with Gasteiger partial charge in [-0.2, -0.15) is 0 Å². The van der Waals surface area contributed by atoms with Crippen LogP contribution in [0.5, 0.6) is 0 Å². The van der Waals surface area contributed by atoms with Gasteiger partial charge in [-0.1, -0.05) is 97.1 Å². The molecule has 3 aromatic carbocycles. The molecule has 2 fully saturated rings. The number of esters is 1. The summed E-state index contributed by atoms with van der Waals surface area (Å²) in [6.45, 7) is 5.42. The molecule has 7 rings (SSSR count). The largest absolute Gasteiger partial charge is 0.455 e. The maximum Gasteiger partial charge on any atom is 0.313 e. The lowest BCUT2D eigenvalue weighted by molar-refractivity contribution is -0.164. The summed E-state index contributed by atoms with van der Waals surface area (Å²) < 4.78 is 13.0. The Balaban J connectivity index is 1.39. The number of aliphatic hydroxyl groups excluding tert-OH is 1. The van der Waals surface area contributed by atoms with Crippen molar-refractivity contribution in [3.63, 3.8) is 0 Å². The van der Waals surface area contributed by atoms with E-state index in [4.69, 9.17) is 9.47 Å². The molecule has 0 saturated carbocycles. The van der Waals surface area contributed by atoms with Crippen molar-refractivity contribution >= 4 is 29.4 Å². The predicted octanol–water partition coefficient (Wildman–Crippen LogP) is 5.00. The van der Waals surface area contributed by atoms with Gasteiger partial charge in [-0.25, -0.2) is 0 Å². The Morgan fingerprint density at radius 2 is 1.63 bits per heavy atom. The van der Waals surface area contributed by atoms with Gasteiger partial charge in [0.2, 0.25) is 11.8 Å². The Hall–Kier alpha value is -5.06. The van der Waals surface area contributed by atoms with E-state index in [2.05, 4.69) is 0 Å². The maximum absolute atomic E-state index is 15.4. The minimum Gasteiger partial charge on any atom is -0.455 e. The van der Waals surface area contributed by atoms with Gasteiger partial charge in [-0.15, -0.1) is 0 Å². The van der Waals surface area contributed by atoms with Gasteiger partial charge in [-0.3, -0.25) is 19.2 Å². The summed E-state index contributed by atoms with van der Waals surface area (Å²) in [6.07, 6.45) is 6.27. The quantitative estimate of drug-likeness (QED) is 0.294. The number of likely N-dealkylation sites (tertiary alicyclic amines) is 1. The predicted molar refractivity (Wildman–Crippen MR) is 195 cm³/mol. The monoisotopic (exact) mass is 703 g/mol. The molecule has 4 heterocycles. The van der Waals surface area contributed by atoms with E-state index in [9.17, 15) is 14.7 Å². The van der Waals surface area contributed by atoms with Crippen molar-refractivity contribution in [2.24, 2.45) is 11.8 Å². The Bertz CT molecular complexity index is 1910. The molecule has 8 atom stereocenters. The lowest BCUT2D eigenvalue weighted by Crippen LogP contribution is -2.57. The van der Waals surface area contributed by atoms with Crippen molar-refractivity contribution in [3.05, 3.63) is 125 Å². The van der Waals surface area contributed by atoms with E-state index in [1.165, 1.54) is 4.90 Å². The van der Waals surface area contributed by atoms with E-state index < -0.39 is 72.2 Å². The molecule has 52 heavy (non-hydrogen) atoms. The number of aliphatic hydroxyl groups is 1. The summed E-state index contributed by atoms with van der Waals surface area (Å²) in [5, 5.41) is 10.9. The molecule has 4 aliphatic rings. The summed E-state index contributed by atoms with van der Waals surface area (Å²) in [5.41, 5.74) is 2.33. The Morgan fingerprint density at radius 1 is 0.923 bits per heavy atom. The minimum atomic E-state index is -1.50. The first-order valence-corrected chi connectivity index (χ1v) is 18.0. The van der Waals surface area contributed by atoms with Crippen LogP contribution in [0.1, 0.15) is 54.2 Å². The Kier molecular flexibility index (Phi) is 9.63. The van der Waals surface area contributed by atoms with Gasteiger partial charge in [-0.05, 0) is 55.5 Å². The number of nitrogens with zero attached hydrogens (tertiary/aromatic N) is 3. The number of ether oxygens (including phenoxy) is 2. The van der Waals surface area contributed by atoms with Crippen LogP contribution in [-0.2, 0) is 28.7 Å². The molecular weight excluding hydrogens is 658 g/mol. The average Bonchev–Trinajstić information content (AvgIpc) is 3.80. The number of carbonyl (C=O) groups is 4. The molecule has 3 amide bonds. The van der Waals surface area contributed by atoms with Crippen LogP contribution in [-0.4, -0.2) is 82.6 Å². The highest BCUT2D eigenvalue weighted by molar-refractivity contribution is 6.06. The van der Waals surface area contributed by atoms with Gasteiger partial charge >= 0.3 is 5.97 Å². The number of anilines is 1. The van der Waals surface area contributed by atoms with Crippen LogP contribution in [0.3, 0.4) is 0 Å². The van der Waals surface area contributed by atoms with E-state index >= 15 is 9.59 Å². The number of cyclic esters (lactones) is 1. The number of fused-ring (bicyclic) bond motifs is 2. The average molecular weight is 704 g/mol. The third-order valence-electron chi connectivity index (χ3n) is 11.2. The lowest BCUT2D eigenvalue weighted by Gasteiger charge is -2.39. The van der Waals surface area contributed by atoms with Crippen LogP contribution in [0, 0.1) is 25.7 Å². The zero-order chi connectivity index (χ0) is 36.7. The molecule has 4 aliphatic heterocycles. The van der Waals surface area contributed by atoms with Crippen molar-refractivity contribution < 1.29 is 33.8 Å². The number of benzene rings is 3. The van der Waals surface area contributed by atoms with Gasteiger partial charge < -0.3 is 29.3 Å². The highest BCUT2D eigenvalue weighted by atomic mass is 16.6. The Morgan fingerprint density at radius 3 is 2.35 bits per heavy atom. The molecule has 0 aromatic heterocycles. The molecule has 1 N–H and O–H groups in total.